The number of carbonyl (C=O) groups is 1. The molecule has 6 heteroatoms. The van der Waals surface area contributed by atoms with Gasteiger partial charge in [-0.1, -0.05) is 55.9 Å². The van der Waals surface area contributed by atoms with E-state index >= 15 is 0 Å². The first-order valence-electron chi connectivity index (χ1n) is 10.1. The third kappa shape index (κ3) is 5.25. The smallest absolute Gasteiger partial charge is 0.255 e. The third-order valence-electron chi connectivity index (χ3n) is 4.80. The molecule has 0 aliphatic carbocycles. The van der Waals surface area contributed by atoms with Gasteiger partial charge in [0.2, 0.25) is 0 Å². The molecular formula is C24H29N3O2S. The fourth-order valence-corrected chi connectivity index (χ4v) is 4.12. The van der Waals surface area contributed by atoms with Gasteiger partial charge in [-0.15, -0.1) is 0 Å². The fourth-order valence-electron chi connectivity index (χ4n) is 3.23. The van der Waals surface area contributed by atoms with Crippen LogP contribution in [0.2, 0.25) is 0 Å². The van der Waals surface area contributed by atoms with Crippen LogP contribution in [0.15, 0.2) is 64.8 Å². The van der Waals surface area contributed by atoms with Crippen molar-refractivity contribution in [2.24, 2.45) is 10.9 Å². The number of benzene rings is 2. The summed E-state index contributed by atoms with van der Waals surface area (Å²) in [5, 5.41) is 7.17. The SMILES string of the molecule is COc1cc(C2N=C(SCC(C)C)NC(C)=C2C(=O)Nc2ccccc2)ccc1C. The van der Waals surface area contributed by atoms with E-state index in [2.05, 4.69) is 24.5 Å². The molecule has 2 N–H and O–H groups in total. The highest BCUT2D eigenvalue weighted by atomic mass is 32.2. The Balaban J connectivity index is 1.98. The Morgan fingerprint density at radius 2 is 1.93 bits per heavy atom. The summed E-state index contributed by atoms with van der Waals surface area (Å²) in [6.45, 7) is 8.30. The number of rotatable bonds is 6. The van der Waals surface area contributed by atoms with Crippen LogP contribution in [0.1, 0.15) is 37.9 Å². The molecule has 1 unspecified atom stereocenters. The number of allylic oxidation sites excluding steroid dienone is 1. The predicted octanol–water partition coefficient (Wildman–Crippen LogP) is 5.31. The zero-order chi connectivity index (χ0) is 21.7. The molecule has 1 atom stereocenters. The summed E-state index contributed by atoms with van der Waals surface area (Å²) >= 11 is 1.68. The Morgan fingerprint density at radius 3 is 2.60 bits per heavy atom. The number of aryl methyl sites for hydroxylation is 1. The van der Waals surface area contributed by atoms with Gasteiger partial charge in [0.25, 0.3) is 5.91 Å². The van der Waals surface area contributed by atoms with Crippen LogP contribution < -0.4 is 15.4 Å². The van der Waals surface area contributed by atoms with Gasteiger partial charge in [0.05, 0.1) is 12.7 Å². The second kappa shape index (κ2) is 9.85. The van der Waals surface area contributed by atoms with Crippen LogP contribution in [-0.2, 0) is 4.79 Å². The zero-order valence-electron chi connectivity index (χ0n) is 18.2. The molecule has 0 aromatic heterocycles. The van der Waals surface area contributed by atoms with E-state index in [1.165, 1.54) is 0 Å². The van der Waals surface area contributed by atoms with Crippen LogP contribution in [0.4, 0.5) is 5.69 Å². The molecule has 5 nitrogen and oxygen atoms in total. The van der Waals surface area contributed by atoms with Gasteiger partial charge in [-0.2, -0.15) is 0 Å². The maximum atomic E-state index is 13.2. The summed E-state index contributed by atoms with van der Waals surface area (Å²) in [7, 11) is 1.66. The lowest BCUT2D eigenvalue weighted by molar-refractivity contribution is -0.113. The van der Waals surface area contributed by atoms with Gasteiger partial charge in [-0.25, -0.2) is 4.99 Å². The van der Waals surface area contributed by atoms with Crippen molar-refractivity contribution in [2.45, 2.75) is 33.7 Å². The Morgan fingerprint density at radius 1 is 1.20 bits per heavy atom. The van der Waals surface area contributed by atoms with Crippen molar-refractivity contribution >= 4 is 28.5 Å². The average molecular weight is 424 g/mol. The predicted molar refractivity (Wildman–Crippen MR) is 126 cm³/mol. The van der Waals surface area contributed by atoms with Crippen LogP contribution in [0.25, 0.3) is 0 Å². The van der Waals surface area contributed by atoms with Gasteiger partial charge in [0.1, 0.15) is 11.8 Å². The number of nitrogens with zero attached hydrogens (tertiary/aromatic N) is 1. The Bertz CT molecular complexity index is 968. The molecular weight excluding hydrogens is 394 g/mol. The summed E-state index contributed by atoms with van der Waals surface area (Å²) < 4.78 is 5.51. The largest absolute Gasteiger partial charge is 0.496 e. The van der Waals surface area contributed by atoms with Crippen molar-refractivity contribution in [1.29, 1.82) is 0 Å². The number of para-hydroxylation sites is 1. The van der Waals surface area contributed by atoms with Crippen molar-refractivity contribution in [1.82, 2.24) is 5.32 Å². The molecule has 1 amide bonds. The molecule has 0 radical (unpaired) electrons. The molecule has 0 fully saturated rings. The van der Waals surface area contributed by atoms with E-state index in [9.17, 15) is 4.79 Å². The Kier molecular flexibility index (Phi) is 7.21. The number of hydrogen-bond donors (Lipinski definition) is 2. The molecule has 1 heterocycles. The Hall–Kier alpha value is -2.73. The van der Waals surface area contributed by atoms with E-state index in [1.54, 1.807) is 18.9 Å². The van der Waals surface area contributed by atoms with E-state index in [-0.39, 0.29) is 5.91 Å². The highest BCUT2D eigenvalue weighted by molar-refractivity contribution is 8.13. The van der Waals surface area contributed by atoms with Gasteiger partial charge in [-0.3, -0.25) is 4.79 Å². The number of methoxy groups -OCH3 is 1. The summed E-state index contributed by atoms with van der Waals surface area (Å²) in [6.07, 6.45) is 0. The van der Waals surface area contributed by atoms with E-state index in [0.717, 1.165) is 39.2 Å². The molecule has 158 valence electrons. The molecule has 3 rings (SSSR count). The normalized spacial score (nSPS) is 16.2. The van der Waals surface area contributed by atoms with Gasteiger partial charge in [0.15, 0.2) is 5.17 Å². The van der Waals surface area contributed by atoms with Crippen molar-refractivity contribution in [2.75, 3.05) is 18.2 Å². The molecule has 0 bridgehead atoms. The summed E-state index contributed by atoms with van der Waals surface area (Å²) in [5.41, 5.74) is 4.16. The molecule has 1 aliphatic heterocycles. The van der Waals surface area contributed by atoms with E-state index in [1.807, 2.05) is 62.4 Å². The maximum absolute atomic E-state index is 13.2. The lowest BCUT2D eigenvalue weighted by Crippen LogP contribution is -2.32. The van der Waals surface area contributed by atoms with Crippen molar-refractivity contribution in [3.63, 3.8) is 0 Å². The van der Waals surface area contributed by atoms with Crippen LogP contribution in [0, 0.1) is 12.8 Å². The maximum Gasteiger partial charge on any atom is 0.255 e. The standard InChI is InChI=1S/C24H29N3O2S/c1-15(2)14-30-24-25-17(4)21(23(28)26-19-9-7-6-8-10-19)22(27-24)18-12-11-16(3)20(13-18)29-5/h6-13,15,22H,14H2,1-5H3,(H,25,27)(H,26,28). The first kappa shape index (κ1) is 22.0. The van der Waals surface area contributed by atoms with Crippen molar-refractivity contribution in [3.05, 3.63) is 70.9 Å². The molecule has 0 spiro atoms. The molecule has 30 heavy (non-hydrogen) atoms. The molecule has 2 aromatic carbocycles. The first-order chi connectivity index (χ1) is 14.4. The van der Waals surface area contributed by atoms with Crippen LogP contribution in [0.5, 0.6) is 5.75 Å². The zero-order valence-corrected chi connectivity index (χ0v) is 19.0. The molecule has 1 aliphatic rings. The number of aliphatic imine (C=N–C) groups is 1. The molecule has 0 saturated heterocycles. The number of carbonyl (C=O) groups excluding carboxylic acids is 1. The first-order valence-corrected chi connectivity index (χ1v) is 11.1. The minimum atomic E-state index is -0.404. The quantitative estimate of drug-likeness (QED) is 0.661. The lowest BCUT2D eigenvalue weighted by Gasteiger charge is -2.27. The van der Waals surface area contributed by atoms with E-state index in [0.29, 0.717) is 11.5 Å². The van der Waals surface area contributed by atoms with Crippen LogP contribution in [-0.4, -0.2) is 23.9 Å². The minimum Gasteiger partial charge on any atom is -0.496 e. The number of anilines is 1. The summed E-state index contributed by atoms with van der Waals surface area (Å²) in [4.78, 5) is 18.2. The molecule has 0 saturated carbocycles. The number of nitrogens with one attached hydrogen (secondary N) is 2. The molecule has 2 aromatic rings. The van der Waals surface area contributed by atoms with Gasteiger partial charge >= 0.3 is 0 Å². The fraction of sp³-hybridized carbons (Fsp3) is 0.333. The minimum absolute atomic E-state index is 0.160. The van der Waals surface area contributed by atoms with Gasteiger partial charge in [-0.05, 0) is 49.1 Å². The second-order valence-electron chi connectivity index (χ2n) is 7.75. The van der Waals surface area contributed by atoms with Gasteiger partial charge in [0, 0.05) is 17.1 Å². The van der Waals surface area contributed by atoms with E-state index in [4.69, 9.17) is 9.73 Å². The number of thioether (sulfide) groups is 1. The van der Waals surface area contributed by atoms with Crippen molar-refractivity contribution < 1.29 is 9.53 Å². The number of ether oxygens (including phenoxy) is 1. The Labute approximate surface area is 183 Å². The summed E-state index contributed by atoms with van der Waals surface area (Å²) in [5.74, 6) is 2.13. The highest BCUT2D eigenvalue weighted by Gasteiger charge is 2.30. The number of amides is 1. The van der Waals surface area contributed by atoms with Crippen LogP contribution in [0.3, 0.4) is 0 Å². The van der Waals surface area contributed by atoms with Crippen molar-refractivity contribution in [3.8, 4) is 5.75 Å². The second-order valence-corrected chi connectivity index (χ2v) is 8.76. The third-order valence-corrected chi connectivity index (χ3v) is 6.11. The van der Waals surface area contributed by atoms with E-state index < -0.39 is 6.04 Å². The number of hydrogen-bond acceptors (Lipinski definition) is 5. The number of amidine groups is 1. The van der Waals surface area contributed by atoms with Crippen LogP contribution >= 0.6 is 11.8 Å². The monoisotopic (exact) mass is 423 g/mol. The van der Waals surface area contributed by atoms with Gasteiger partial charge < -0.3 is 15.4 Å². The highest BCUT2D eigenvalue weighted by Crippen LogP contribution is 2.35. The average Bonchev–Trinajstić information content (AvgIpc) is 2.72. The summed E-state index contributed by atoms with van der Waals surface area (Å²) in [6, 6.07) is 15.1. The lowest BCUT2D eigenvalue weighted by atomic mass is 9.94. The topological polar surface area (TPSA) is 62.7 Å².